The lowest BCUT2D eigenvalue weighted by Gasteiger charge is -2.39. The van der Waals surface area contributed by atoms with Gasteiger partial charge in [-0.2, -0.15) is 0 Å². The molecule has 1 N–H and O–H groups in total. The third-order valence-electron chi connectivity index (χ3n) is 6.51. The molecule has 3 fully saturated rings. The first-order chi connectivity index (χ1) is 14.0. The van der Waals surface area contributed by atoms with E-state index in [0.29, 0.717) is 15.9 Å². The number of Topliss-reactive ketones (excluding diaryl/α,β-unsaturated/α-hetero) is 1. The van der Waals surface area contributed by atoms with Gasteiger partial charge in [0.15, 0.2) is 10.9 Å². The molecule has 0 bridgehead atoms. The van der Waals surface area contributed by atoms with Crippen LogP contribution in [0.3, 0.4) is 0 Å². The van der Waals surface area contributed by atoms with Gasteiger partial charge in [0.25, 0.3) is 5.91 Å². The molecule has 8 heteroatoms. The molecule has 1 unspecified atom stereocenters. The lowest BCUT2D eigenvalue weighted by Crippen LogP contribution is -2.46. The Morgan fingerprint density at radius 2 is 1.90 bits per heavy atom. The first-order valence-electron chi connectivity index (χ1n) is 10.5. The zero-order valence-electron chi connectivity index (χ0n) is 16.9. The quantitative estimate of drug-likeness (QED) is 0.580. The molecule has 158 valence electrons. The normalized spacial score (nSPS) is 23.6. The number of nitrogens with one attached hydrogen (secondary N) is 1. The number of thiocarbonyl (C=S) groups is 1. The van der Waals surface area contributed by atoms with E-state index in [9.17, 15) is 9.59 Å². The van der Waals surface area contributed by atoms with Crippen molar-refractivity contribution >= 4 is 40.4 Å². The number of ketones is 1. The van der Waals surface area contributed by atoms with Crippen LogP contribution in [0.2, 0.25) is 0 Å². The molecular weight excluding hydrogens is 406 g/mol. The molecule has 0 saturated carbocycles. The molecule has 0 aliphatic carbocycles. The molecule has 1 atom stereocenters. The van der Waals surface area contributed by atoms with Gasteiger partial charge < -0.3 is 19.9 Å². The Kier molecular flexibility index (Phi) is 6.22. The Morgan fingerprint density at radius 3 is 2.52 bits per heavy atom. The molecule has 1 aromatic rings. The standard InChI is InChI=1S/C21H29N3O3S2/c1-15(25)17-4-5-18(29-17)19(26)23-9-6-21(7-10-23)8-11-24(14-21)20(28)22-13-16-3-2-12-27-16/h4-5,16H,2-3,6-14H2,1H3,(H,22,28). The lowest BCUT2D eigenvalue weighted by atomic mass is 9.78. The van der Waals surface area contributed by atoms with Crippen LogP contribution in [0.1, 0.15) is 58.4 Å². The van der Waals surface area contributed by atoms with E-state index >= 15 is 0 Å². The molecule has 1 aromatic heterocycles. The number of hydrogen-bond acceptors (Lipinski definition) is 5. The average Bonchev–Trinajstić information content (AvgIpc) is 3.47. The number of hydrogen-bond donors (Lipinski definition) is 1. The van der Waals surface area contributed by atoms with Crippen molar-refractivity contribution in [1.29, 1.82) is 0 Å². The summed E-state index contributed by atoms with van der Waals surface area (Å²) in [6.07, 6.45) is 5.69. The number of piperidine rings is 1. The summed E-state index contributed by atoms with van der Waals surface area (Å²) in [6, 6.07) is 3.54. The van der Waals surface area contributed by atoms with E-state index in [1.165, 1.54) is 18.3 Å². The number of thiophene rings is 1. The van der Waals surface area contributed by atoms with Crippen LogP contribution in [-0.4, -0.2) is 72.0 Å². The van der Waals surface area contributed by atoms with Gasteiger partial charge in [-0.25, -0.2) is 0 Å². The summed E-state index contributed by atoms with van der Waals surface area (Å²) < 4.78 is 5.67. The van der Waals surface area contributed by atoms with Crippen molar-refractivity contribution in [3.63, 3.8) is 0 Å². The molecule has 3 saturated heterocycles. The highest BCUT2D eigenvalue weighted by molar-refractivity contribution is 7.80. The Morgan fingerprint density at radius 1 is 1.21 bits per heavy atom. The zero-order chi connectivity index (χ0) is 20.4. The predicted molar refractivity (Wildman–Crippen MR) is 118 cm³/mol. The summed E-state index contributed by atoms with van der Waals surface area (Å²) in [5.74, 6) is 0.0720. The second-order valence-electron chi connectivity index (χ2n) is 8.50. The van der Waals surface area contributed by atoms with Crippen LogP contribution in [0.15, 0.2) is 12.1 Å². The Labute approximate surface area is 181 Å². The van der Waals surface area contributed by atoms with E-state index in [-0.39, 0.29) is 17.1 Å². The van der Waals surface area contributed by atoms with Crippen molar-refractivity contribution in [3.05, 3.63) is 21.9 Å². The van der Waals surface area contributed by atoms with Gasteiger partial charge in [0.05, 0.1) is 15.9 Å². The van der Waals surface area contributed by atoms with Gasteiger partial charge in [0.1, 0.15) is 0 Å². The number of carbonyl (C=O) groups excluding carboxylic acids is 2. The molecule has 29 heavy (non-hydrogen) atoms. The highest BCUT2D eigenvalue weighted by atomic mass is 32.1. The molecule has 6 nitrogen and oxygen atoms in total. The topological polar surface area (TPSA) is 61.9 Å². The number of carbonyl (C=O) groups is 2. The largest absolute Gasteiger partial charge is 0.376 e. The summed E-state index contributed by atoms with van der Waals surface area (Å²) in [5, 5.41) is 4.23. The van der Waals surface area contributed by atoms with E-state index in [1.54, 1.807) is 12.1 Å². The monoisotopic (exact) mass is 435 g/mol. The number of rotatable bonds is 4. The SMILES string of the molecule is CC(=O)c1ccc(C(=O)N2CCC3(CC2)CCN(C(=S)NCC2CCCO2)C3)s1. The van der Waals surface area contributed by atoms with Gasteiger partial charge in [-0.15, -0.1) is 11.3 Å². The van der Waals surface area contributed by atoms with E-state index in [4.69, 9.17) is 17.0 Å². The summed E-state index contributed by atoms with van der Waals surface area (Å²) in [6.45, 7) is 6.71. The summed E-state index contributed by atoms with van der Waals surface area (Å²) in [5.41, 5.74) is 0.256. The Hall–Kier alpha value is -1.51. The smallest absolute Gasteiger partial charge is 0.263 e. The maximum Gasteiger partial charge on any atom is 0.263 e. The third-order valence-corrected chi connectivity index (χ3v) is 8.08. The van der Waals surface area contributed by atoms with E-state index in [2.05, 4.69) is 10.2 Å². The molecule has 0 aromatic carbocycles. The zero-order valence-corrected chi connectivity index (χ0v) is 18.6. The van der Waals surface area contributed by atoms with E-state index in [0.717, 1.165) is 76.5 Å². The van der Waals surface area contributed by atoms with Crippen molar-refractivity contribution in [1.82, 2.24) is 15.1 Å². The van der Waals surface area contributed by atoms with E-state index in [1.807, 2.05) is 4.90 Å². The second-order valence-corrected chi connectivity index (χ2v) is 9.98. The van der Waals surface area contributed by atoms with Gasteiger partial charge >= 0.3 is 0 Å². The van der Waals surface area contributed by atoms with Crippen LogP contribution >= 0.6 is 23.6 Å². The fraction of sp³-hybridized carbons (Fsp3) is 0.667. The number of nitrogens with zero attached hydrogens (tertiary/aromatic N) is 2. The van der Waals surface area contributed by atoms with Crippen molar-refractivity contribution in [2.24, 2.45) is 5.41 Å². The summed E-state index contributed by atoms with van der Waals surface area (Å²) in [7, 11) is 0. The minimum Gasteiger partial charge on any atom is -0.376 e. The van der Waals surface area contributed by atoms with Crippen LogP contribution in [0.5, 0.6) is 0 Å². The van der Waals surface area contributed by atoms with Crippen molar-refractivity contribution < 1.29 is 14.3 Å². The maximum atomic E-state index is 12.8. The predicted octanol–water partition coefficient (Wildman–Crippen LogP) is 2.93. The van der Waals surface area contributed by atoms with Gasteiger partial charge in [-0.05, 0) is 68.8 Å². The second kappa shape index (κ2) is 8.70. The van der Waals surface area contributed by atoms with Gasteiger partial charge in [-0.3, -0.25) is 9.59 Å². The number of ether oxygens (including phenoxy) is 1. The van der Waals surface area contributed by atoms with Crippen LogP contribution < -0.4 is 5.32 Å². The van der Waals surface area contributed by atoms with Gasteiger partial charge in [0.2, 0.25) is 0 Å². The first-order valence-corrected chi connectivity index (χ1v) is 11.7. The maximum absolute atomic E-state index is 12.8. The third kappa shape index (κ3) is 4.64. The number of amides is 1. The van der Waals surface area contributed by atoms with Crippen LogP contribution in [0, 0.1) is 5.41 Å². The Bertz CT molecular complexity index is 780. The molecule has 0 radical (unpaired) electrons. The van der Waals surface area contributed by atoms with Crippen LogP contribution in [0.25, 0.3) is 0 Å². The summed E-state index contributed by atoms with van der Waals surface area (Å²) in [4.78, 5) is 29.8. The highest BCUT2D eigenvalue weighted by Gasteiger charge is 2.42. The first kappa shape index (κ1) is 20.8. The summed E-state index contributed by atoms with van der Waals surface area (Å²) >= 11 is 6.92. The molecule has 1 spiro atoms. The fourth-order valence-electron chi connectivity index (χ4n) is 4.62. The lowest BCUT2D eigenvalue weighted by molar-refractivity contribution is 0.0603. The Balaban J connectivity index is 1.27. The molecule has 3 aliphatic heterocycles. The molecule has 4 rings (SSSR count). The minimum absolute atomic E-state index is 0.0155. The van der Waals surface area contributed by atoms with Crippen LogP contribution in [0.4, 0.5) is 0 Å². The fourth-order valence-corrected chi connectivity index (χ4v) is 5.73. The van der Waals surface area contributed by atoms with Crippen molar-refractivity contribution in [3.8, 4) is 0 Å². The van der Waals surface area contributed by atoms with Crippen LogP contribution in [-0.2, 0) is 4.74 Å². The molecule has 1 amide bonds. The number of likely N-dealkylation sites (tertiary alicyclic amines) is 2. The van der Waals surface area contributed by atoms with Crippen molar-refractivity contribution in [2.75, 3.05) is 39.3 Å². The average molecular weight is 436 g/mol. The van der Waals surface area contributed by atoms with E-state index < -0.39 is 0 Å². The van der Waals surface area contributed by atoms with Crippen molar-refractivity contribution in [2.45, 2.75) is 45.1 Å². The molecular formula is C21H29N3O3S2. The van der Waals surface area contributed by atoms with Gasteiger partial charge in [0, 0.05) is 39.3 Å². The highest BCUT2D eigenvalue weighted by Crippen LogP contribution is 2.40. The van der Waals surface area contributed by atoms with Gasteiger partial charge in [-0.1, -0.05) is 0 Å². The molecule has 4 heterocycles. The minimum atomic E-state index is 0.0155. The molecule has 3 aliphatic rings.